The molecular weight excluding hydrogens is 406 g/mol. The third kappa shape index (κ3) is 4.28. The van der Waals surface area contributed by atoms with Gasteiger partial charge in [-0.05, 0) is 47.9 Å². The first-order chi connectivity index (χ1) is 15.6. The number of alkyl carbamates (subject to hydrolysis) is 1. The Morgan fingerprint density at radius 2 is 1.72 bits per heavy atom. The number of carboxylic acid groups (broad SMARTS) is 1. The van der Waals surface area contributed by atoms with Crippen LogP contribution in [0.2, 0.25) is 0 Å². The molecule has 6 heteroatoms. The molecule has 0 unspecified atom stereocenters. The van der Waals surface area contributed by atoms with Gasteiger partial charge >= 0.3 is 12.1 Å². The zero-order chi connectivity index (χ0) is 22.6. The molecule has 0 radical (unpaired) electrons. The van der Waals surface area contributed by atoms with Gasteiger partial charge in [0.05, 0.1) is 0 Å². The number of carboxylic acids is 1. The largest absolute Gasteiger partial charge is 0.480 e. The highest BCUT2D eigenvalue weighted by Gasteiger charge is 2.45. The van der Waals surface area contributed by atoms with Crippen LogP contribution in [0.1, 0.15) is 42.7 Å². The van der Waals surface area contributed by atoms with Crippen molar-refractivity contribution in [1.29, 1.82) is 0 Å². The van der Waals surface area contributed by atoms with E-state index in [4.69, 9.17) is 9.47 Å². The Morgan fingerprint density at radius 3 is 2.28 bits per heavy atom. The van der Waals surface area contributed by atoms with Gasteiger partial charge in [-0.1, -0.05) is 54.6 Å². The van der Waals surface area contributed by atoms with E-state index < -0.39 is 23.5 Å². The van der Waals surface area contributed by atoms with Gasteiger partial charge in [-0.2, -0.15) is 0 Å². The highest BCUT2D eigenvalue weighted by atomic mass is 16.5. The van der Waals surface area contributed by atoms with E-state index in [1.807, 2.05) is 36.4 Å². The maximum absolute atomic E-state index is 12.7. The number of aliphatic carboxylic acids is 1. The summed E-state index contributed by atoms with van der Waals surface area (Å²) in [6.45, 7) is 4.87. The molecule has 1 amide bonds. The summed E-state index contributed by atoms with van der Waals surface area (Å²) in [6, 6.07) is 15.2. The van der Waals surface area contributed by atoms with E-state index in [9.17, 15) is 14.7 Å². The molecule has 6 nitrogen and oxygen atoms in total. The minimum Gasteiger partial charge on any atom is -0.480 e. The van der Waals surface area contributed by atoms with Gasteiger partial charge < -0.3 is 19.9 Å². The van der Waals surface area contributed by atoms with Gasteiger partial charge in [-0.25, -0.2) is 9.59 Å². The Hall–Kier alpha value is -3.12. The van der Waals surface area contributed by atoms with E-state index in [1.165, 1.54) is 0 Å². The van der Waals surface area contributed by atoms with Crippen LogP contribution in [0.25, 0.3) is 11.1 Å². The van der Waals surface area contributed by atoms with E-state index in [2.05, 4.69) is 24.0 Å². The fourth-order valence-corrected chi connectivity index (χ4v) is 5.09. The number of fused-ring (bicyclic) bond motifs is 3. The third-order valence-electron chi connectivity index (χ3n) is 6.80. The average Bonchev–Trinajstić information content (AvgIpc) is 3.14. The lowest BCUT2D eigenvalue weighted by Crippen LogP contribution is -2.54. The molecule has 1 aliphatic heterocycles. The van der Waals surface area contributed by atoms with Gasteiger partial charge in [0.2, 0.25) is 0 Å². The topological polar surface area (TPSA) is 84.9 Å². The van der Waals surface area contributed by atoms with E-state index in [1.54, 1.807) is 6.08 Å². The van der Waals surface area contributed by atoms with Crippen LogP contribution < -0.4 is 5.32 Å². The van der Waals surface area contributed by atoms with Crippen molar-refractivity contribution in [3.8, 4) is 11.1 Å². The monoisotopic (exact) mass is 435 g/mol. The van der Waals surface area contributed by atoms with Crippen molar-refractivity contribution in [3.05, 3.63) is 72.3 Å². The van der Waals surface area contributed by atoms with E-state index >= 15 is 0 Å². The fourth-order valence-electron chi connectivity index (χ4n) is 5.09. The Bertz CT molecular complexity index is 950. The smallest absolute Gasteiger partial charge is 0.407 e. The summed E-state index contributed by atoms with van der Waals surface area (Å²) in [6.07, 6.45) is 3.52. The van der Waals surface area contributed by atoms with Crippen LogP contribution in [0, 0.1) is 5.41 Å². The number of allylic oxidation sites excluding steroid dienone is 1. The van der Waals surface area contributed by atoms with Gasteiger partial charge in [0.15, 0.2) is 0 Å². The Kier molecular flexibility index (Phi) is 6.61. The highest BCUT2D eigenvalue weighted by molar-refractivity contribution is 5.81. The predicted octanol–water partition coefficient (Wildman–Crippen LogP) is 4.74. The molecule has 32 heavy (non-hydrogen) atoms. The molecule has 0 bridgehead atoms. The van der Waals surface area contributed by atoms with E-state index in [0.29, 0.717) is 38.9 Å². The first-order valence-electron chi connectivity index (χ1n) is 11.1. The maximum atomic E-state index is 12.7. The van der Waals surface area contributed by atoms with Crippen LogP contribution >= 0.6 is 0 Å². The van der Waals surface area contributed by atoms with Crippen LogP contribution in [-0.4, -0.2) is 43.0 Å². The van der Waals surface area contributed by atoms with Crippen molar-refractivity contribution in [3.63, 3.8) is 0 Å². The predicted molar refractivity (Wildman–Crippen MR) is 122 cm³/mol. The molecule has 2 aromatic rings. The van der Waals surface area contributed by atoms with Gasteiger partial charge in [-0.3, -0.25) is 0 Å². The zero-order valence-corrected chi connectivity index (χ0v) is 18.1. The number of benzene rings is 2. The number of amides is 1. The standard InChI is InChI=1S/C26H29NO5/c1-2-3-12-26(13-15-31-16-14-26)23(24(28)29)27-25(30)32-17-22-20-10-6-4-8-18(20)19-9-5-7-11-21(19)22/h2,4-11,22-23H,1,3,12-17H2,(H,27,30)(H,28,29)/t23-/m1/s1. The highest BCUT2D eigenvalue weighted by Crippen LogP contribution is 2.44. The molecule has 4 rings (SSSR count). The number of nitrogens with one attached hydrogen (secondary N) is 1. The van der Waals surface area contributed by atoms with Gasteiger partial charge in [0, 0.05) is 24.5 Å². The number of hydrogen-bond donors (Lipinski definition) is 2. The normalized spacial score (nSPS) is 17.6. The van der Waals surface area contributed by atoms with Gasteiger partial charge in [0.25, 0.3) is 0 Å². The summed E-state index contributed by atoms with van der Waals surface area (Å²) in [5.41, 5.74) is 3.94. The lowest BCUT2D eigenvalue weighted by molar-refractivity contribution is -0.146. The summed E-state index contributed by atoms with van der Waals surface area (Å²) in [5.74, 6) is -1.13. The molecule has 1 saturated heterocycles. The van der Waals surface area contributed by atoms with Crippen molar-refractivity contribution >= 4 is 12.1 Å². The summed E-state index contributed by atoms with van der Waals surface area (Å²) in [4.78, 5) is 24.9. The van der Waals surface area contributed by atoms with Crippen LogP contribution in [0.15, 0.2) is 61.2 Å². The second-order valence-corrected chi connectivity index (χ2v) is 8.54. The molecular formula is C26H29NO5. The number of carbonyl (C=O) groups is 2. The zero-order valence-electron chi connectivity index (χ0n) is 18.1. The molecule has 1 atom stereocenters. The molecule has 0 saturated carbocycles. The third-order valence-corrected chi connectivity index (χ3v) is 6.80. The molecule has 2 aromatic carbocycles. The molecule has 1 fully saturated rings. The van der Waals surface area contributed by atoms with Gasteiger partial charge in [0.1, 0.15) is 12.6 Å². The average molecular weight is 436 g/mol. The summed E-state index contributed by atoms with van der Waals surface area (Å²) < 4.78 is 11.1. The molecule has 2 N–H and O–H groups in total. The molecule has 168 valence electrons. The van der Waals surface area contributed by atoms with Crippen LogP contribution in [0.4, 0.5) is 4.79 Å². The second kappa shape index (κ2) is 9.57. The second-order valence-electron chi connectivity index (χ2n) is 8.54. The molecule has 1 heterocycles. The lowest BCUT2D eigenvalue weighted by Gasteiger charge is -2.41. The first kappa shape index (κ1) is 22.1. The number of hydrogen-bond acceptors (Lipinski definition) is 4. The van der Waals surface area contributed by atoms with Crippen molar-refractivity contribution in [2.45, 2.75) is 37.6 Å². The van der Waals surface area contributed by atoms with Crippen LogP contribution in [0.3, 0.4) is 0 Å². The summed E-state index contributed by atoms with van der Waals surface area (Å²) >= 11 is 0. The Labute approximate surface area is 188 Å². The SMILES string of the molecule is C=CCCC1([C@H](NC(=O)OCC2c3ccccc3-c3ccccc32)C(=O)O)CCOCC1. The quantitative estimate of drug-likeness (QED) is 0.585. The van der Waals surface area contributed by atoms with Crippen molar-refractivity contribution in [2.24, 2.45) is 5.41 Å². The maximum Gasteiger partial charge on any atom is 0.407 e. The van der Waals surface area contributed by atoms with Gasteiger partial charge in [-0.15, -0.1) is 6.58 Å². The van der Waals surface area contributed by atoms with Crippen molar-refractivity contribution in [1.82, 2.24) is 5.32 Å². The van der Waals surface area contributed by atoms with Crippen molar-refractivity contribution < 1.29 is 24.2 Å². The fraction of sp³-hybridized carbons (Fsp3) is 0.385. The lowest BCUT2D eigenvalue weighted by atomic mass is 9.70. The molecule has 0 spiro atoms. The van der Waals surface area contributed by atoms with E-state index in [0.717, 1.165) is 22.3 Å². The molecule has 0 aromatic heterocycles. The Balaban J connectivity index is 1.48. The van der Waals surface area contributed by atoms with E-state index in [-0.39, 0.29) is 12.5 Å². The minimum atomic E-state index is -1.05. The molecule has 2 aliphatic rings. The minimum absolute atomic E-state index is 0.0748. The summed E-state index contributed by atoms with van der Waals surface area (Å²) in [5, 5.41) is 12.6. The summed E-state index contributed by atoms with van der Waals surface area (Å²) in [7, 11) is 0. The number of carbonyl (C=O) groups excluding carboxylic acids is 1. The van der Waals surface area contributed by atoms with Crippen LogP contribution in [0.5, 0.6) is 0 Å². The van der Waals surface area contributed by atoms with Crippen LogP contribution in [-0.2, 0) is 14.3 Å². The first-order valence-corrected chi connectivity index (χ1v) is 11.1. The van der Waals surface area contributed by atoms with Crippen molar-refractivity contribution in [2.75, 3.05) is 19.8 Å². The molecule has 1 aliphatic carbocycles. The number of rotatable bonds is 8. The Morgan fingerprint density at radius 1 is 1.12 bits per heavy atom. The number of ether oxygens (including phenoxy) is 2.